The lowest BCUT2D eigenvalue weighted by Crippen LogP contribution is -2.52. The van der Waals surface area contributed by atoms with Gasteiger partial charge in [0.2, 0.25) is 11.8 Å². The molecule has 10 heteroatoms. The van der Waals surface area contributed by atoms with Crippen molar-refractivity contribution in [2.75, 3.05) is 26.2 Å². The van der Waals surface area contributed by atoms with Crippen molar-refractivity contribution in [3.8, 4) is 0 Å². The SMILES string of the molecule is O=CONC(CC(=O)N1CCN(C(c2ccc(F)cc2)c2ccc(F)cc2)CC1)C(=O)N1Cc2ccccc2C1. The lowest BCUT2D eigenvalue weighted by Gasteiger charge is -2.40. The molecule has 2 aliphatic heterocycles. The van der Waals surface area contributed by atoms with Gasteiger partial charge in [-0.25, -0.2) is 8.78 Å². The summed E-state index contributed by atoms with van der Waals surface area (Å²) in [6, 6.07) is 18.9. The van der Waals surface area contributed by atoms with Crippen molar-refractivity contribution in [2.24, 2.45) is 0 Å². The highest BCUT2D eigenvalue weighted by atomic mass is 19.1. The zero-order valence-corrected chi connectivity index (χ0v) is 21.8. The van der Waals surface area contributed by atoms with Gasteiger partial charge in [-0.05, 0) is 46.5 Å². The Labute approximate surface area is 231 Å². The van der Waals surface area contributed by atoms with Gasteiger partial charge >= 0.3 is 6.47 Å². The van der Waals surface area contributed by atoms with Crippen molar-refractivity contribution in [1.82, 2.24) is 20.2 Å². The van der Waals surface area contributed by atoms with E-state index in [-0.39, 0.29) is 42.4 Å². The summed E-state index contributed by atoms with van der Waals surface area (Å²) in [7, 11) is 0. The summed E-state index contributed by atoms with van der Waals surface area (Å²) in [5, 5.41) is 0. The summed E-state index contributed by atoms with van der Waals surface area (Å²) in [6.07, 6.45) is -0.168. The fourth-order valence-corrected chi connectivity index (χ4v) is 5.44. The first-order valence-corrected chi connectivity index (χ1v) is 13.2. The number of hydroxylamine groups is 1. The van der Waals surface area contributed by atoms with Crippen molar-refractivity contribution in [3.05, 3.63) is 107 Å². The van der Waals surface area contributed by atoms with E-state index in [1.807, 2.05) is 24.3 Å². The minimum atomic E-state index is -1.02. The Morgan fingerprint density at radius 3 is 1.82 bits per heavy atom. The van der Waals surface area contributed by atoms with E-state index in [0.29, 0.717) is 39.3 Å². The van der Waals surface area contributed by atoms with Crippen LogP contribution in [0.5, 0.6) is 0 Å². The molecule has 8 nitrogen and oxygen atoms in total. The minimum Gasteiger partial charge on any atom is -0.373 e. The maximum absolute atomic E-state index is 13.6. The maximum Gasteiger partial charge on any atom is 0.312 e. The Morgan fingerprint density at radius 2 is 1.32 bits per heavy atom. The summed E-state index contributed by atoms with van der Waals surface area (Å²) in [5.41, 5.74) is 6.26. The van der Waals surface area contributed by atoms with Crippen molar-refractivity contribution in [2.45, 2.75) is 31.6 Å². The van der Waals surface area contributed by atoms with Gasteiger partial charge in [0.1, 0.15) is 17.7 Å². The molecule has 40 heavy (non-hydrogen) atoms. The van der Waals surface area contributed by atoms with E-state index >= 15 is 0 Å². The first-order chi connectivity index (χ1) is 19.4. The predicted octanol–water partition coefficient (Wildman–Crippen LogP) is 3.18. The van der Waals surface area contributed by atoms with E-state index in [4.69, 9.17) is 4.84 Å². The number of benzene rings is 3. The molecule has 1 fully saturated rings. The molecule has 2 amide bonds. The van der Waals surface area contributed by atoms with Gasteiger partial charge in [-0.2, -0.15) is 0 Å². The van der Waals surface area contributed by atoms with Crippen LogP contribution in [-0.2, 0) is 32.3 Å². The van der Waals surface area contributed by atoms with E-state index in [9.17, 15) is 23.2 Å². The van der Waals surface area contributed by atoms with Crippen molar-refractivity contribution in [1.29, 1.82) is 0 Å². The van der Waals surface area contributed by atoms with Crippen molar-refractivity contribution in [3.63, 3.8) is 0 Å². The molecule has 5 rings (SSSR count). The zero-order chi connectivity index (χ0) is 28.1. The minimum absolute atomic E-state index is 0.168. The smallest absolute Gasteiger partial charge is 0.312 e. The summed E-state index contributed by atoms with van der Waals surface area (Å²) >= 11 is 0. The summed E-state index contributed by atoms with van der Waals surface area (Å²) in [6.45, 7) is 2.88. The Morgan fingerprint density at radius 1 is 0.800 bits per heavy atom. The van der Waals surface area contributed by atoms with Crippen LogP contribution >= 0.6 is 0 Å². The number of fused-ring (bicyclic) bond motifs is 1. The highest BCUT2D eigenvalue weighted by Crippen LogP contribution is 2.30. The largest absolute Gasteiger partial charge is 0.373 e. The summed E-state index contributed by atoms with van der Waals surface area (Å²) in [5.74, 6) is -1.24. The Kier molecular flexibility index (Phi) is 8.47. The van der Waals surface area contributed by atoms with E-state index in [2.05, 4.69) is 10.4 Å². The lowest BCUT2D eigenvalue weighted by molar-refractivity contribution is -0.149. The van der Waals surface area contributed by atoms with Gasteiger partial charge in [-0.15, -0.1) is 5.48 Å². The molecule has 1 unspecified atom stereocenters. The molecule has 0 aromatic heterocycles. The average Bonchev–Trinajstić information content (AvgIpc) is 3.42. The second kappa shape index (κ2) is 12.4. The Hall–Kier alpha value is -4.15. The van der Waals surface area contributed by atoms with E-state index in [1.54, 1.807) is 34.1 Å². The zero-order valence-electron chi connectivity index (χ0n) is 21.8. The second-order valence-electron chi connectivity index (χ2n) is 9.97. The second-order valence-corrected chi connectivity index (χ2v) is 9.97. The van der Waals surface area contributed by atoms with Crippen LogP contribution in [0.1, 0.15) is 34.7 Å². The third-order valence-corrected chi connectivity index (χ3v) is 7.49. The van der Waals surface area contributed by atoms with Crippen LogP contribution in [0, 0.1) is 11.6 Å². The number of nitrogens with zero attached hydrogens (tertiary/aromatic N) is 3. The molecule has 3 aromatic rings. The highest BCUT2D eigenvalue weighted by molar-refractivity contribution is 5.88. The fourth-order valence-electron chi connectivity index (χ4n) is 5.44. The quantitative estimate of drug-likeness (QED) is 0.327. The molecule has 0 aliphatic carbocycles. The van der Waals surface area contributed by atoms with Crippen molar-refractivity contribution < 1.29 is 28.0 Å². The van der Waals surface area contributed by atoms with Crippen LogP contribution in [0.2, 0.25) is 0 Å². The molecule has 1 saturated heterocycles. The summed E-state index contributed by atoms with van der Waals surface area (Å²) in [4.78, 5) is 47.6. The number of hydrogen-bond donors (Lipinski definition) is 1. The predicted molar refractivity (Wildman–Crippen MR) is 142 cm³/mol. The number of rotatable bonds is 9. The van der Waals surface area contributed by atoms with Gasteiger partial charge < -0.3 is 14.6 Å². The number of halogens is 2. The third-order valence-electron chi connectivity index (χ3n) is 7.49. The monoisotopic (exact) mass is 548 g/mol. The molecule has 208 valence electrons. The molecular weight excluding hydrogens is 518 g/mol. The molecule has 2 heterocycles. The van der Waals surface area contributed by atoms with E-state index in [1.165, 1.54) is 24.3 Å². The van der Waals surface area contributed by atoms with Gasteiger partial charge in [0.05, 0.1) is 12.5 Å². The first kappa shape index (κ1) is 27.4. The van der Waals surface area contributed by atoms with Gasteiger partial charge in [0.25, 0.3) is 0 Å². The van der Waals surface area contributed by atoms with E-state index < -0.39 is 6.04 Å². The van der Waals surface area contributed by atoms with Gasteiger partial charge in [0, 0.05) is 39.3 Å². The number of piperazine rings is 1. The first-order valence-electron chi connectivity index (χ1n) is 13.2. The number of amides is 2. The molecule has 0 spiro atoms. The third kappa shape index (κ3) is 6.19. The Balaban J connectivity index is 1.24. The fraction of sp³-hybridized carbons (Fsp3) is 0.300. The number of carbonyl (C=O) groups excluding carboxylic acids is 3. The Bertz CT molecular complexity index is 1270. The topological polar surface area (TPSA) is 82.2 Å². The van der Waals surface area contributed by atoms with Gasteiger partial charge in [-0.3, -0.25) is 19.3 Å². The molecule has 0 bridgehead atoms. The molecule has 3 aromatic carbocycles. The van der Waals surface area contributed by atoms with Crippen LogP contribution in [0.3, 0.4) is 0 Å². The van der Waals surface area contributed by atoms with Crippen LogP contribution in [0.25, 0.3) is 0 Å². The normalized spacial score (nSPS) is 16.1. The highest BCUT2D eigenvalue weighted by Gasteiger charge is 2.34. The lowest BCUT2D eigenvalue weighted by atomic mass is 9.96. The molecule has 0 radical (unpaired) electrons. The van der Waals surface area contributed by atoms with Gasteiger partial charge in [-0.1, -0.05) is 48.5 Å². The molecular formula is C30H30F2N4O4. The molecule has 1 atom stereocenters. The number of carbonyl (C=O) groups is 3. The van der Waals surface area contributed by atoms with Crippen molar-refractivity contribution >= 4 is 18.3 Å². The van der Waals surface area contributed by atoms with Crippen LogP contribution in [0.15, 0.2) is 72.8 Å². The molecule has 0 saturated carbocycles. The number of nitrogens with one attached hydrogen (secondary N) is 1. The van der Waals surface area contributed by atoms with Crippen LogP contribution in [-0.4, -0.2) is 65.2 Å². The standard InChI is InChI=1S/C30H30F2N4O4/c31-25-9-5-21(6-10-25)29(22-7-11-26(32)12-8-22)35-15-13-34(14-16-35)28(38)17-27(33-40-20-37)30(39)36-18-23-3-1-2-4-24(23)19-36/h1-12,20,27,29,33H,13-19H2. The summed E-state index contributed by atoms with van der Waals surface area (Å²) < 4.78 is 27.3. The van der Waals surface area contributed by atoms with Crippen LogP contribution < -0.4 is 5.48 Å². The number of hydrogen-bond acceptors (Lipinski definition) is 6. The maximum atomic E-state index is 13.6. The molecule has 1 N–H and O–H groups in total. The van der Waals surface area contributed by atoms with E-state index in [0.717, 1.165) is 22.3 Å². The van der Waals surface area contributed by atoms with Crippen LogP contribution in [0.4, 0.5) is 8.78 Å². The average molecular weight is 549 g/mol. The molecule has 2 aliphatic rings. The van der Waals surface area contributed by atoms with Gasteiger partial charge in [0.15, 0.2) is 0 Å².